The van der Waals surface area contributed by atoms with E-state index < -0.39 is 16.9 Å². The lowest BCUT2D eigenvalue weighted by Crippen LogP contribution is -2.30. The lowest BCUT2D eigenvalue weighted by Gasteiger charge is -2.14. The number of nitro benzene ring substituents is 1. The fourth-order valence-electron chi connectivity index (χ4n) is 2.81. The number of carbonyl (C=O) groups excluding carboxylic acids is 3. The van der Waals surface area contributed by atoms with Crippen LogP contribution < -0.4 is 10.6 Å². The molecule has 2 aromatic rings. The standard InChI is InChI=1S/C18H16N4O5/c1-11-14(6-3-7-15(11)22(26)27)17(24)20-13-5-2-4-12(8-13)10-21-16(23)9-19-18(21)25/h2-8H,9-10H2,1H3,(H,19,25)(H,20,24). The van der Waals surface area contributed by atoms with Gasteiger partial charge in [-0.3, -0.25) is 24.6 Å². The number of amides is 4. The van der Waals surface area contributed by atoms with Gasteiger partial charge < -0.3 is 10.6 Å². The molecular weight excluding hydrogens is 352 g/mol. The van der Waals surface area contributed by atoms with Crippen molar-refractivity contribution in [3.63, 3.8) is 0 Å². The van der Waals surface area contributed by atoms with E-state index in [0.717, 1.165) is 4.90 Å². The van der Waals surface area contributed by atoms with Gasteiger partial charge in [0, 0.05) is 22.9 Å². The Kier molecular flexibility index (Phi) is 4.84. The summed E-state index contributed by atoms with van der Waals surface area (Å²) in [5.74, 6) is -0.801. The molecule has 2 aromatic carbocycles. The fourth-order valence-corrected chi connectivity index (χ4v) is 2.81. The van der Waals surface area contributed by atoms with Crippen molar-refractivity contribution in [1.82, 2.24) is 10.2 Å². The first kappa shape index (κ1) is 18.1. The van der Waals surface area contributed by atoms with Crippen LogP contribution in [0.1, 0.15) is 21.5 Å². The van der Waals surface area contributed by atoms with Gasteiger partial charge in [0.2, 0.25) is 5.91 Å². The van der Waals surface area contributed by atoms with Gasteiger partial charge in [0.05, 0.1) is 18.0 Å². The van der Waals surface area contributed by atoms with Crippen LogP contribution in [-0.2, 0) is 11.3 Å². The Morgan fingerprint density at radius 3 is 2.67 bits per heavy atom. The van der Waals surface area contributed by atoms with Crippen molar-refractivity contribution in [3.8, 4) is 0 Å². The third kappa shape index (κ3) is 3.76. The molecule has 0 unspecified atom stereocenters. The lowest BCUT2D eigenvalue weighted by molar-refractivity contribution is -0.385. The van der Waals surface area contributed by atoms with Crippen LogP contribution in [0.3, 0.4) is 0 Å². The van der Waals surface area contributed by atoms with Crippen molar-refractivity contribution in [2.45, 2.75) is 13.5 Å². The molecule has 1 aliphatic heterocycles. The first-order valence-electron chi connectivity index (χ1n) is 8.09. The maximum absolute atomic E-state index is 12.5. The maximum atomic E-state index is 12.5. The predicted octanol–water partition coefficient (Wildman–Crippen LogP) is 2.21. The number of carbonyl (C=O) groups is 3. The van der Waals surface area contributed by atoms with E-state index in [1.807, 2.05) is 0 Å². The predicted molar refractivity (Wildman–Crippen MR) is 96.2 cm³/mol. The molecule has 0 aromatic heterocycles. The number of anilines is 1. The highest BCUT2D eigenvalue weighted by atomic mass is 16.6. The van der Waals surface area contributed by atoms with Crippen LogP contribution >= 0.6 is 0 Å². The number of benzene rings is 2. The summed E-state index contributed by atoms with van der Waals surface area (Å²) in [4.78, 5) is 47.4. The molecule has 4 amide bonds. The second-order valence-electron chi connectivity index (χ2n) is 6.00. The van der Waals surface area contributed by atoms with E-state index >= 15 is 0 Å². The summed E-state index contributed by atoms with van der Waals surface area (Å²) < 4.78 is 0. The first-order chi connectivity index (χ1) is 12.9. The summed E-state index contributed by atoms with van der Waals surface area (Å²) in [6.07, 6.45) is 0. The number of urea groups is 1. The normalized spacial score (nSPS) is 13.4. The van der Waals surface area contributed by atoms with Crippen LogP contribution in [0.25, 0.3) is 0 Å². The number of nitrogens with one attached hydrogen (secondary N) is 2. The van der Waals surface area contributed by atoms with Gasteiger partial charge in [0.1, 0.15) is 0 Å². The van der Waals surface area contributed by atoms with Crippen molar-refractivity contribution in [2.24, 2.45) is 0 Å². The van der Waals surface area contributed by atoms with Gasteiger partial charge in [-0.05, 0) is 30.7 Å². The number of rotatable bonds is 5. The molecule has 1 heterocycles. The van der Waals surface area contributed by atoms with Gasteiger partial charge in [-0.25, -0.2) is 4.79 Å². The van der Waals surface area contributed by atoms with Crippen LogP contribution in [0.4, 0.5) is 16.2 Å². The van der Waals surface area contributed by atoms with E-state index in [9.17, 15) is 24.5 Å². The van der Waals surface area contributed by atoms with Crippen LogP contribution in [0, 0.1) is 17.0 Å². The van der Waals surface area contributed by atoms with Crippen LogP contribution in [-0.4, -0.2) is 34.2 Å². The molecule has 0 saturated carbocycles. The quantitative estimate of drug-likeness (QED) is 0.476. The Balaban J connectivity index is 1.78. The molecule has 0 bridgehead atoms. The van der Waals surface area contributed by atoms with Crippen molar-refractivity contribution >= 4 is 29.2 Å². The minimum Gasteiger partial charge on any atom is -0.329 e. The van der Waals surface area contributed by atoms with Crippen LogP contribution in [0.15, 0.2) is 42.5 Å². The topological polar surface area (TPSA) is 122 Å². The number of hydrogen-bond acceptors (Lipinski definition) is 5. The van der Waals surface area contributed by atoms with Crippen molar-refractivity contribution in [3.05, 3.63) is 69.3 Å². The van der Waals surface area contributed by atoms with E-state index in [2.05, 4.69) is 10.6 Å². The van der Waals surface area contributed by atoms with Crippen LogP contribution in [0.2, 0.25) is 0 Å². The molecule has 1 saturated heterocycles. The SMILES string of the molecule is Cc1c(C(=O)Nc2cccc(CN3C(=O)CNC3=O)c2)cccc1[N+](=O)[O-]. The summed E-state index contributed by atoms with van der Waals surface area (Å²) >= 11 is 0. The van der Waals surface area contributed by atoms with E-state index in [1.165, 1.54) is 25.1 Å². The molecule has 0 atom stereocenters. The molecule has 0 aliphatic carbocycles. The Morgan fingerprint density at radius 2 is 2.00 bits per heavy atom. The lowest BCUT2D eigenvalue weighted by atomic mass is 10.1. The smallest absolute Gasteiger partial charge is 0.324 e. The maximum Gasteiger partial charge on any atom is 0.324 e. The summed E-state index contributed by atoms with van der Waals surface area (Å²) in [7, 11) is 0. The van der Waals surface area contributed by atoms with Crippen molar-refractivity contribution < 1.29 is 19.3 Å². The minimum absolute atomic E-state index is 0.0265. The third-order valence-electron chi connectivity index (χ3n) is 4.21. The van der Waals surface area contributed by atoms with Gasteiger partial charge >= 0.3 is 6.03 Å². The summed E-state index contributed by atoms with van der Waals surface area (Å²) in [6, 6.07) is 10.6. The van der Waals surface area contributed by atoms with E-state index in [-0.39, 0.29) is 35.8 Å². The monoisotopic (exact) mass is 368 g/mol. The van der Waals surface area contributed by atoms with Gasteiger partial charge in [-0.2, -0.15) is 0 Å². The fraction of sp³-hybridized carbons (Fsp3) is 0.167. The Bertz CT molecular complexity index is 941. The number of hydrogen-bond donors (Lipinski definition) is 2. The molecule has 0 spiro atoms. The molecule has 1 aliphatic rings. The molecule has 0 radical (unpaired) electrons. The summed E-state index contributed by atoms with van der Waals surface area (Å²) in [6.45, 7) is 1.58. The minimum atomic E-state index is -0.537. The zero-order valence-corrected chi connectivity index (χ0v) is 14.4. The number of nitrogens with zero attached hydrogens (tertiary/aromatic N) is 2. The van der Waals surface area contributed by atoms with Gasteiger partial charge in [0.25, 0.3) is 11.6 Å². The van der Waals surface area contributed by atoms with Crippen LogP contribution in [0.5, 0.6) is 0 Å². The molecule has 9 heteroatoms. The van der Waals surface area contributed by atoms with E-state index in [4.69, 9.17) is 0 Å². The highest BCUT2D eigenvalue weighted by Crippen LogP contribution is 2.22. The van der Waals surface area contributed by atoms with Crippen molar-refractivity contribution in [1.29, 1.82) is 0 Å². The van der Waals surface area contributed by atoms with E-state index in [0.29, 0.717) is 11.3 Å². The highest BCUT2D eigenvalue weighted by molar-refractivity contribution is 6.06. The Morgan fingerprint density at radius 1 is 1.26 bits per heavy atom. The average Bonchev–Trinajstić information content (AvgIpc) is 2.94. The third-order valence-corrected chi connectivity index (χ3v) is 4.21. The molecule has 9 nitrogen and oxygen atoms in total. The average molecular weight is 368 g/mol. The van der Waals surface area contributed by atoms with Gasteiger partial charge in [0.15, 0.2) is 0 Å². The Hall–Kier alpha value is -3.75. The summed E-state index contributed by atoms with van der Waals surface area (Å²) in [5.41, 5.74) is 1.46. The van der Waals surface area contributed by atoms with Gasteiger partial charge in [-0.15, -0.1) is 0 Å². The summed E-state index contributed by atoms with van der Waals surface area (Å²) in [5, 5.41) is 16.2. The molecule has 1 fully saturated rings. The number of nitro groups is 1. The molecule has 2 N–H and O–H groups in total. The molecule has 27 heavy (non-hydrogen) atoms. The first-order valence-corrected chi connectivity index (χ1v) is 8.09. The largest absolute Gasteiger partial charge is 0.329 e. The molecule has 138 valence electrons. The molecular formula is C18H16N4O5. The zero-order valence-electron chi connectivity index (χ0n) is 14.4. The van der Waals surface area contributed by atoms with Crippen molar-refractivity contribution in [2.75, 3.05) is 11.9 Å². The molecule has 3 rings (SSSR count). The highest BCUT2D eigenvalue weighted by Gasteiger charge is 2.28. The number of imide groups is 1. The van der Waals surface area contributed by atoms with Gasteiger partial charge in [-0.1, -0.05) is 18.2 Å². The van der Waals surface area contributed by atoms with E-state index in [1.54, 1.807) is 24.3 Å². The Labute approximate surface area is 154 Å². The second kappa shape index (κ2) is 7.24. The second-order valence-corrected chi connectivity index (χ2v) is 6.00. The zero-order chi connectivity index (χ0) is 19.6.